The van der Waals surface area contributed by atoms with E-state index in [1.54, 1.807) is 13.8 Å². The Balaban J connectivity index is 1.27. The molecule has 0 radical (unpaired) electrons. The summed E-state index contributed by atoms with van der Waals surface area (Å²) in [5.41, 5.74) is 4.73. The van der Waals surface area contributed by atoms with Crippen molar-refractivity contribution in [1.82, 2.24) is 0 Å². The van der Waals surface area contributed by atoms with E-state index in [0.29, 0.717) is 18.6 Å². The quantitative estimate of drug-likeness (QED) is 0.196. The van der Waals surface area contributed by atoms with E-state index in [1.165, 1.54) is 6.92 Å². The molecule has 13 unspecified atom stereocenters. The molecular weight excluding hydrogens is 578 g/mol. The fourth-order valence-corrected chi connectivity index (χ4v) is 12.4. The van der Waals surface area contributed by atoms with Gasteiger partial charge in [-0.1, -0.05) is 27.7 Å². The van der Waals surface area contributed by atoms with Gasteiger partial charge in [0.25, 0.3) is 0 Å². The van der Waals surface area contributed by atoms with Gasteiger partial charge in [-0.3, -0.25) is 9.59 Å². The monoisotopic (exact) mass is 633 g/mol. The normalized spacial score (nSPS) is 47.7. The van der Waals surface area contributed by atoms with Crippen molar-refractivity contribution in [3.8, 4) is 0 Å². The number of ether oxygens (including phenoxy) is 4. The number of nitrogens with two attached hydrogens (primary N) is 1. The summed E-state index contributed by atoms with van der Waals surface area (Å²) in [6, 6.07) is 0. The Morgan fingerprint density at radius 3 is 2.42 bits per heavy atom. The summed E-state index contributed by atoms with van der Waals surface area (Å²) in [5, 5.41) is 20.8. The number of aldehydes is 1. The summed E-state index contributed by atoms with van der Waals surface area (Å²) in [5.74, 6) is -0.0101. The molecule has 13 atom stereocenters. The maximum Gasteiger partial charge on any atom is 0.303 e. The summed E-state index contributed by atoms with van der Waals surface area (Å²) in [6.07, 6.45) is 4.69. The number of esters is 1. The number of fused-ring (bicyclic) bond motifs is 4. The molecule has 5 saturated carbocycles. The molecule has 4 N–H and O–H groups in total. The second-order valence-electron chi connectivity index (χ2n) is 16.9. The lowest BCUT2D eigenvalue weighted by Crippen LogP contribution is -2.69. The lowest BCUT2D eigenvalue weighted by molar-refractivity contribution is -0.235. The van der Waals surface area contributed by atoms with Gasteiger partial charge in [0.2, 0.25) is 0 Å². The van der Waals surface area contributed by atoms with Gasteiger partial charge in [0.05, 0.1) is 30.0 Å². The minimum Gasteiger partial charge on any atom is -0.457 e. The van der Waals surface area contributed by atoms with Crippen LogP contribution >= 0.6 is 0 Å². The van der Waals surface area contributed by atoms with Gasteiger partial charge in [0.1, 0.15) is 19.0 Å². The van der Waals surface area contributed by atoms with Gasteiger partial charge in [0, 0.05) is 12.8 Å². The van der Waals surface area contributed by atoms with Crippen molar-refractivity contribution >= 4 is 18.0 Å². The van der Waals surface area contributed by atoms with Crippen molar-refractivity contribution in [2.24, 2.45) is 51.1 Å². The Morgan fingerprint density at radius 1 is 1.13 bits per heavy atom. The molecule has 0 aromatic carbocycles. The Hall–Kier alpha value is -1.43. The molecule has 0 aromatic heterocycles. The Kier molecular flexibility index (Phi) is 8.03. The standard InChI is InChI=1S/C35H55NO9/c1-19-16-21(29(31(5,6)41)43-20(2)39)44-27-26(19)32(7)12-13-34-18-33(34)11-10-24(45-25(17-38)42-15-14-37)30(3,4)22(33)8-9-23(34)35(32,36)28(27)40/h14,19,21-27,29,38,41H,8-13,15-18,36H2,1-7H3. The number of rotatable bonds is 9. The molecule has 10 heteroatoms. The highest BCUT2D eigenvalue weighted by Crippen LogP contribution is 2.87. The first-order valence-corrected chi connectivity index (χ1v) is 17.1. The molecule has 45 heavy (non-hydrogen) atoms. The highest BCUT2D eigenvalue weighted by molar-refractivity contribution is 5.97. The zero-order chi connectivity index (χ0) is 33.0. The molecule has 0 bridgehead atoms. The lowest BCUT2D eigenvalue weighted by atomic mass is 9.43. The van der Waals surface area contributed by atoms with E-state index >= 15 is 0 Å². The van der Waals surface area contributed by atoms with Crippen molar-refractivity contribution in [2.45, 2.75) is 142 Å². The number of hydrogen-bond acceptors (Lipinski definition) is 10. The summed E-state index contributed by atoms with van der Waals surface area (Å²) < 4.78 is 24.0. The number of aliphatic hydroxyl groups excluding tert-OH is 1. The molecule has 1 heterocycles. The number of aliphatic hydroxyl groups is 2. The predicted octanol–water partition coefficient (Wildman–Crippen LogP) is 3.32. The molecule has 1 aliphatic heterocycles. The lowest BCUT2D eigenvalue weighted by Gasteiger charge is -2.62. The first-order chi connectivity index (χ1) is 20.9. The van der Waals surface area contributed by atoms with Crippen molar-refractivity contribution in [3.63, 3.8) is 0 Å². The third kappa shape index (κ3) is 4.52. The largest absolute Gasteiger partial charge is 0.457 e. The first-order valence-electron chi connectivity index (χ1n) is 17.1. The van der Waals surface area contributed by atoms with E-state index in [2.05, 4.69) is 27.7 Å². The SMILES string of the molecule is CC(=O)OC(C1CC(C)C2C(O1)C(=O)C1(N)C3CCC4C(C)(C)C(OC(CO)OCC=O)CCC45CC35CCC21C)C(C)(C)O. The van der Waals surface area contributed by atoms with Gasteiger partial charge in [-0.25, -0.2) is 0 Å². The van der Waals surface area contributed by atoms with Crippen LogP contribution in [0.2, 0.25) is 0 Å². The topological polar surface area (TPSA) is 155 Å². The molecule has 6 rings (SSSR count). The molecular formula is C35H55NO9. The van der Waals surface area contributed by atoms with Gasteiger partial charge in [0.15, 0.2) is 18.2 Å². The predicted molar refractivity (Wildman–Crippen MR) is 164 cm³/mol. The van der Waals surface area contributed by atoms with E-state index in [0.717, 1.165) is 44.9 Å². The number of carbonyl (C=O) groups excluding carboxylic acids is 3. The van der Waals surface area contributed by atoms with Gasteiger partial charge < -0.3 is 39.7 Å². The number of Topliss-reactive ketones (excluding diaryl/α,β-unsaturated/α-hetero) is 1. The number of ketones is 1. The van der Waals surface area contributed by atoms with Crippen LogP contribution in [-0.4, -0.2) is 83.3 Å². The molecule has 1 saturated heterocycles. The maximum atomic E-state index is 14.8. The average molecular weight is 634 g/mol. The van der Waals surface area contributed by atoms with E-state index in [9.17, 15) is 24.6 Å². The summed E-state index contributed by atoms with van der Waals surface area (Å²) in [4.78, 5) is 37.6. The Morgan fingerprint density at radius 2 is 1.80 bits per heavy atom. The fourth-order valence-electron chi connectivity index (χ4n) is 12.4. The summed E-state index contributed by atoms with van der Waals surface area (Å²) in [6.45, 7) is 13.1. The molecule has 2 spiro atoms. The van der Waals surface area contributed by atoms with Crippen LogP contribution in [0.25, 0.3) is 0 Å². The van der Waals surface area contributed by atoms with Crippen LogP contribution in [-0.2, 0) is 33.3 Å². The number of hydrogen-bond donors (Lipinski definition) is 3. The van der Waals surface area contributed by atoms with Crippen molar-refractivity contribution in [1.29, 1.82) is 0 Å². The Bertz CT molecular complexity index is 1220. The zero-order valence-corrected chi connectivity index (χ0v) is 28.2. The van der Waals surface area contributed by atoms with E-state index < -0.39 is 47.1 Å². The van der Waals surface area contributed by atoms with Gasteiger partial charge in [-0.2, -0.15) is 0 Å². The summed E-state index contributed by atoms with van der Waals surface area (Å²) >= 11 is 0. The number of carbonyl (C=O) groups is 3. The van der Waals surface area contributed by atoms with Crippen LogP contribution in [0.15, 0.2) is 0 Å². The average Bonchev–Trinajstić information content (AvgIpc) is 3.59. The fraction of sp³-hybridized carbons (Fsp3) is 0.914. The van der Waals surface area contributed by atoms with Crippen molar-refractivity contribution in [2.75, 3.05) is 13.2 Å². The van der Waals surface area contributed by atoms with Crippen LogP contribution in [0.3, 0.4) is 0 Å². The van der Waals surface area contributed by atoms with Crippen LogP contribution in [0.1, 0.15) is 99.8 Å². The molecule has 6 aliphatic rings. The van der Waals surface area contributed by atoms with Crippen LogP contribution < -0.4 is 5.73 Å². The third-order valence-electron chi connectivity index (χ3n) is 14.1. The van der Waals surface area contributed by atoms with Crippen molar-refractivity contribution in [3.05, 3.63) is 0 Å². The highest BCUT2D eigenvalue weighted by Gasteiger charge is 2.85. The molecule has 10 nitrogen and oxygen atoms in total. The summed E-state index contributed by atoms with van der Waals surface area (Å²) in [7, 11) is 0. The van der Waals surface area contributed by atoms with Crippen molar-refractivity contribution < 1.29 is 43.5 Å². The Labute approximate surface area is 267 Å². The van der Waals surface area contributed by atoms with Gasteiger partial charge in [-0.05, 0) is 105 Å². The van der Waals surface area contributed by atoms with E-state index in [-0.39, 0.29) is 59.1 Å². The minimum absolute atomic E-state index is 0.00399. The van der Waals surface area contributed by atoms with Crippen LogP contribution in [0, 0.1) is 45.3 Å². The zero-order valence-electron chi connectivity index (χ0n) is 28.2. The van der Waals surface area contributed by atoms with Gasteiger partial charge in [-0.15, -0.1) is 0 Å². The minimum atomic E-state index is -1.34. The van der Waals surface area contributed by atoms with Crippen LogP contribution in [0.5, 0.6) is 0 Å². The third-order valence-corrected chi connectivity index (χ3v) is 14.1. The maximum absolute atomic E-state index is 14.8. The second-order valence-corrected chi connectivity index (χ2v) is 16.9. The molecule has 5 aliphatic carbocycles. The molecule has 0 aromatic rings. The molecule has 6 fully saturated rings. The molecule has 0 amide bonds. The highest BCUT2D eigenvalue weighted by atomic mass is 16.7. The van der Waals surface area contributed by atoms with E-state index in [4.69, 9.17) is 24.7 Å². The second kappa shape index (κ2) is 10.8. The van der Waals surface area contributed by atoms with E-state index in [1.807, 2.05) is 0 Å². The smallest absolute Gasteiger partial charge is 0.303 e. The van der Waals surface area contributed by atoms with Crippen LogP contribution in [0.4, 0.5) is 0 Å². The van der Waals surface area contributed by atoms with Gasteiger partial charge >= 0.3 is 5.97 Å². The molecule has 254 valence electrons. The first kappa shape index (κ1) is 33.5.